The second kappa shape index (κ2) is 6.01. The monoisotopic (exact) mass is 247 g/mol. The molecule has 1 saturated carbocycles. The minimum absolute atomic E-state index is 0.0876. The van der Waals surface area contributed by atoms with Crippen LogP contribution >= 0.6 is 0 Å². The summed E-state index contributed by atoms with van der Waals surface area (Å²) in [5.74, 6) is 0.648. The lowest BCUT2D eigenvalue weighted by Gasteiger charge is -2.11. The molecule has 0 saturated heterocycles. The van der Waals surface area contributed by atoms with Crippen LogP contribution in [0.4, 0.5) is 5.69 Å². The van der Waals surface area contributed by atoms with Gasteiger partial charge >= 0.3 is 0 Å². The summed E-state index contributed by atoms with van der Waals surface area (Å²) in [6, 6.07) is 7.40. The zero-order valence-electron chi connectivity index (χ0n) is 10.9. The molecule has 1 unspecified atom stereocenters. The quantitative estimate of drug-likeness (QED) is 0.858. The summed E-state index contributed by atoms with van der Waals surface area (Å²) < 4.78 is 0. The van der Waals surface area contributed by atoms with E-state index in [0.717, 1.165) is 11.3 Å². The van der Waals surface area contributed by atoms with E-state index in [1.807, 2.05) is 24.3 Å². The van der Waals surface area contributed by atoms with Gasteiger partial charge in [0.2, 0.25) is 5.91 Å². The van der Waals surface area contributed by atoms with Gasteiger partial charge in [0.1, 0.15) is 0 Å². The molecule has 3 nitrogen and oxygen atoms in total. The summed E-state index contributed by atoms with van der Waals surface area (Å²) >= 11 is 0. The van der Waals surface area contributed by atoms with Crippen LogP contribution in [0.1, 0.15) is 50.7 Å². The molecule has 1 aliphatic rings. The molecular formula is C15H21NO2. The molecule has 1 atom stereocenters. The van der Waals surface area contributed by atoms with E-state index in [4.69, 9.17) is 0 Å². The van der Waals surface area contributed by atoms with E-state index in [1.165, 1.54) is 25.7 Å². The van der Waals surface area contributed by atoms with E-state index < -0.39 is 6.10 Å². The molecule has 2 rings (SSSR count). The number of aliphatic hydroxyl groups excluding tert-OH is 1. The number of anilines is 1. The van der Waals surface area contributed by atoms with Crippen molar-refractivity contribution in [3.05, 3.63) is 29.8 Å². The summed E-state index contributed by atoms with van der Waals surface area (Å²) in [6.45, 7) is 1.72. The zero-order chi connectivity index (χ0) is 13.0. The van der Waals surface area contributed by atoms with Crippen molar-refractivity contribution in [2.75, 3.05) is 5.32 Å². The minimum Gasteiger partial charge on any atom is -0.389 e. The Morgan fingerprint density at radius 3 is 2.83 bits per heavy atom. The molecule has 2 N–H and O–H groups in total. The Morgan fingerprint density at radius 2 is 2.17 bits per heavy atom. The third-order valence-electron chi connectivity index (χ3n) is 3.60. The summed E-state index contributed by atoms with van der Waals surface area (Å²) in [5.41, 5.74) is 1.60. The third-order valence-corrected chi connectivity index (χ3v) is 3.60. The van der Waals surface area contributed by atoms with E-state index in [2.05, 4.69) is 5.32 Å². The van der Waals surface area contributed by atoms with Gasteiger partial charge < -0.3 is 10.4 Å². The van der Waals surface area contributed by atoms with Crippen molar-refractivity contribution >= 4 is 11.6 Å². The summed E-state index contributed by atoms with van der Waals surface area (Å²) in [6.07, 6.45) is 5.00. The van der Waals surface area contributed by atoms with Gasteiger partial charge in [0.05, 0.1) is 6.10 Å². The Morgan fingerprint density at radius 1 is 1.44 bits per heavy atom. The Kier molecular flexibility index (Phi) is 4.37. The molecule has 1 amide bonds. The fourth-order valence-corrected chi connectivity index (χ4v) is 2.56. The van der Waals surface area contributed by atoms with Gasteiger partial charge in [-0.2, -0.15) is 0 Å². The molecule has 0 aromatic heterocycles. The molecular weight excluding hydrogens is 226 g/mol. The van der Waals surface area contributed by atoms with Gasteiger partial charge in [0, 0.05) is 12.1 Å². The number of carbonyl (C=O) groups is 1. The smallest absolute Gasteiger partial charge is 0.224 e. The average molecular weight is 247 g/mol. The standard InChI is InChI=1S/C15H21NO2/c1-11(17)13-7-4-8-14(10-13)16-15(18)9-12-5-2-3-6-12/h4,7-8,10-12,17H,2-3,5-6,9H2,1H3,(H,16,18). The lowest BCUT2D eigenvalue weighted by molar-refractivity contribution is -0.117. The number of rotatable bonds is 4. The summed E-state index contributed by atoms with van der Waals surface area (Å²) in [4.78, 5) is 11.9. The fraction of sp³-hybridized carbons (Fsp3) is 0.533. The van der Waals surface area contributed by atoms with Crippen LogP contribution in [-0.2, 0) is 4.79 Å². The number of benzene rings is 1. The molecule has 98 valence electrons. The van der Waals surface area contributed by atoms with E-state index in [9.17, 15) is 9.90 Å². The van der Waals surface area contributed by atoms with Crippen LogP contribution in [-0.4, -0.2) is 11.0 Å². The van der Waals surface area contributed by atoms with Crippen molar-refractivity contribution in [3.8, 4) is 0 Å². The van der Waals surface area contributed by atoms with Crippen molar-refractivity contribution in [3.63, 3.8) is 0 Å². The van der Waals surface area contributed by atoms with Crippen LogP contribution in [0.5, 0.6) is 0 Å². The van der Waals surface area contributed by atoms with Crippen LogP contribution in [0.3, 0.4) is 0 Å². The zero-order valence-corrected chi connectivity index (χ0v) is 10.9. The van der Waals surface area contributed by atoms with E-state index in [1.54, 1.807) is 6.92 Å². The number of hydrogen-bond donors (Lipinski definition) is 2. The lowest BCUT2D eigenvalue weighted by atomic mass is 10.0. The topological polar surface area (TPSA) is 49.3 Å². The fourth-order valence-electron chi connectivity index (χ4n) is 2.56. The first-order valence-corrected chi connectivity index (χ1v) is 6.73. The lowest BCUT2D eigenvalue weighted by Crippen LogP contribution is -2.15. The van der Waals surface area contributed by atoms with Gasteiger partial charge in [-0.1, -0.05) is 25.0 Å². The van der Waals surface area contributed by atoms with Crippen molar-refractivity contribution in [2.24, 2.45) is 5.92 Å². The Balaban J connectivity index is 1.91. The highest BCUT2D eigenvalue weighted by Gasteiger charge is 2.18. The van der Waals surface area contributed by atoms with E-state index in [-0.39, 0.29) is 5.91 Å². The van der Waals surface area contributed by atoms with Crippen LogP contribution in [0.2, 0.25) is 0 Å². The van der Waals surface area contributed by atoms with Crippen LogP contribution in [0, 0.1) is 5.92 Å². The highest BCUT2D eigenvalue weighted by molar-refractivity contribution is 5.90. The van der Waals surface area contributed by atoms with E-state index >= 15 is 0 Å². The molecule has 1 aliphatic carbocycles. The normalized spacial score (nSPS) is 17.7. The molecule has 3 heteroatoms. The molecule has 0 bridgehead atoms. The molecule has 18 heavy (non-hydrogen) atoms. The number of nitrogens with one attached hydrogen (secondary N) is 1. The maximum atomic E-state index is 11.9. The second-order valence-electron chi connectivity index (χ2n) is 5.20. The molecule has 0 aliphatic heterocycles. The van der Waals surface area contributed by atoms with Gasteiger partial charge in [0.25, 0.3) is 0 Å². The van der Waals surface area contributed by atoms with Gasteiger partial charge in [0.15, 0.2) is 0 Å². The molecule has 1 aromatic carbocycles. The molecule has 0 radical (unpaired) electrons. The third kappa shape index (κ3) is 3.57. The van der Waals surface area contributed by atoms with Crippen molar-refractivity contribution in [2.45, 2.75) is 45.1 Å². The van der Waals surface area contributed by atoms with Crippen LogP contribution in [0.25, 0.3) is 0 Å². The van der Waals surface area contributed by atoms with Crippen molar-refractivity contribution in [1.82, 2.24) is 0 Å². The van der Waals surface area contributed by atoms with Crippen molar-refractivity contribution < 1.29 is 9.90 Å². The van der Waals surface area contributed by atoms with Gasteiger partial charge in [-0.05, 0) is 43.4 Å². The van der Waals surface area contributed by atoms with Gasteiger partial charge in [-0.25, -0.2) is 0 Å². The largest absolute Gasteiger partial charge is 0.389 e. The predicted octanol–water partition coefficient (Wildman–Crippen LogP) is 3.26. The second-order valence-corrected chi connectivity index (χ2v) is 5.20. The predicted molar refractivity (Wildman–Crippen MR) is 72.3 cm³/mol. The number of amides is 1. The van der Waals surface area contributed by atoms with Crippen LogP contribution in [0.15, 0.2) is 24.3 Å². The highest BCUT2D eigenvalue weighted by Crippen LogP contribution is 2.28. The highest BCUT2D eigenvalue weighted by atomic mass is 16.3. The summed E-state index contributed by atoms with van der Waals surface area (Å²) in [5, 5.41) is 12.4. The first kappa shape index (κ1) is 13.1. The first-order chi connectivity index (χ1) is 8.65. The molecule has 1 aromatic rings. The number of aliphatic hydroxyl groups is 1. The summed E-state index contributed by atoms with van der Waals surface area (Å²) in [7, 11) is 0. The van der Waals surface area contributed by atoms with Gasteiger partial charge in [-0.3, -0.25) is 4.79 Å². The Hall–Kier alpha value is -1.35. The average Bonchev–Trinajstić information content (AvgIpc) is 2.82. The molecule has 0 heterocycles. The maximum absolute atomic E-state index is 11.9. The Labute approximate surface area is 108 Å². The van der Waals surface area contributed by atoms with Crippen molar-refractivity contribution in [1.29, 1.82) is 0 Å². The maximum Gasteiger partial charge on any atom is 0.224 e. The first-order valence-electron chi connectivity index (χ1n) is 6.73. The van der Waals surface area contributed by atoms with Crippen LogP contribution < -0.4 is 5.32 Å². The SMILES string of the molecule is CC(O)c1cccc(NC(=O)CC2CCCC2)c1. The molecule has 1 fully saturated rings. The minimum atomic E-state index is -0.503. The van der Waals surface area contributed by atoms with Gasteiger partial charge in [-0.15, -0.1) is 0 Å². The van der Waals surface area contributed by atoms with E-state index in [0.29, 0.717) is 12.3 Å². The Bertz CT molecular complexity index is 409. The number of hydrogen-bond acceptors (Lipinski definition) is 2. The number of carbonyl (C=O) groups excluding carboxylic acids is 1. The molecule has 0 spiro atoms.